The van der Waals surface area contributed by atoms with Crippen LogP contribution in [-0.2, 0) is 0 Å². The Morgan fingerprint density at radius 1 is 1.38 bits per heavy atom. The lowest BCUT2D eigenvalue weighted by molar-refractivity contribution is 0.211. The number of nitrogens with two attached hydrogens (primary N) is 1. The predicted molar refractivity (Wildman–Crippen MR) is 60.3 cm³/mol. The average molecular weight is 235 g/mol. The summed E-state index contributed by atoms with van der Waals surface area (Å²) in [6.07, 6.45) is -0.839. The number of hydrogen-bond acceptors (Lipinski definition) is 5. The summed E-state index contributed by atoms with van der Waals surface area (Å²) in [7, 11) is 0. The number of nitrogens with zero attached hydrogens (tertiary/aromatic N) is 2. The van der Waals surface area contributed by atoms with Crippen molar-refractivity contribution in [1.82, 2.24) is 10.2 Å². The molecule has 6 heteroatoms. The Kier molecular flexibility index (Phi) is 2.82. The number of carbonyl (C=O) groups is 1. The van der Waals surface area contributed by atoms with Gasteiger partial charge < -0.3 is 10.5 Å². The Hall–Kier alpha value is -1.95. The number of aromatic nitrogens is 2. The summed E-state index contributed by atoms with van der Waals surface area (Å²) in [6.45, 7) is 1.86. The highest BCUT2D eigenvalue weighted by atomic mass is 32.1. The Bertz CT molecular complexity index is 524. The molecule has 5 nitrogen and oxygen atoms in total. The molecular weight excluding hydrogens is 226 g/mol. The smallest absolute Gasteiger partial charge is 0.409 e. The number of carbonyl (C=O) groups excluding carboxylic acids is 1. The second-order valence-electron chi connectivity index (χ2n) is 3.04. The van der Waals surface area contributed by atoms with E-state index in [9.17, 15) is 4.79 Å². The molecule has 2 rings (SSSR count). The van der Waals surface area contributed by atoms with Gasteiger partial charge in [-0.05, 0) is 19.1 Å². The zero-order valence-corrected chi connectivity index (χ0v) is 9.32. The van der Waals surface area contributed by atoms with Gasteiger partial charge in [-0.15, -0.1) is 10.2 Å². The lowest BCUT2D eigenvalue weighted by atomic mass is 10.2. The van der Waals surface area contributed by atoms with Crippen molar-refractivity contribution in [1.29, 1.82) is 0 Å². The van der Waals surface area contributed by atoms with Crippen molar-refractivity contribution in [3.8, 4) is 16.3 Å². The zero-order chi connectivity index (χ0) is 11.5. The van der Waals surface area contributed by atoms with Gasteiger partial charge in [-0.2, -0.15) is 0 Å². The van der Waals surface area contributed by atoms with Crippen LogP contribution in [0.4, 0.5) is 4.79 Å². The number of amides is 1. The minimum absolute atomic E-state index is 0.395. The van der Waals surface area contributed by atoms with Gasteiger partial charge in [0.05, 0.1) is 5.56 Å². The monoisotopic (exact) mass is 235 g/mol. The molecule has 0 aliphatic rings. The number of primary amides is 1. The van der Waals surface area contributed by atoms with E-state index in [1.165, 1.54) is 11.3 Å². The molecule has 0 saturated heterocycles. The number of rotatable bonds is 2. The first-order chi connectivity index (χ1) is 7.66. The molecule has 0 saturated carbocycles. The summed E-state index contributed by atoms with van der Waals surface area (Å²) in [5, 5.41) is 9.45. The second-order valence-corrected chi connectivity index (χ2v) is 4.23. The number of para-hydroxylation sites is 1. The highest BCUT2D eigenvalue weighted by molar-refractivity contribution is 7.14. The first-order valence-electron chi connectivity index (χ1n) is 4.53. The molecule has 2 N–H and O–H groups in total. The molecule has 0 bridgehead atoms. The molecular formula is C10H9N3O2S. The van der Waals surface area contributed by atoms with Crippen LogP contribution >= 0.6 is 11.3 Å². The van der Waals surface area contributed by atoms with E-state index in [4.69, 9.17) is 10.5 Å². The molecule has 1 aromatic heterocycles. The van der Waals surface area contributed by atoms with Crippen LogP contribution in [0.1, 0.15) is 5.01 Å². The Morgan fingerprint density at radius 3 is 2.75 bits per heavy atom. The van der Waals surface area contributed by atoms with Crippen molar-refractivity contribution in [3.63, 3.8) is 0 Å². The van der Waals surface area contributed by atoms with E-state index in [2.05, 4.69) is 10.2 Å². The molecule has 1 aromatic carbocycles. The summed E-state index contributed by atoms with van der Waals surface area (Å²) in [4.78, 5) is 10.7. The minimum Gasteiger partial charge on any atom is -0.410 e. The number of aryl methyl sites for hydroxylation is 1. The highest BCUT2D eigenvalue weighted by Crippen LogP contribution is 2.31. The average Bonchev–Trinajstić information content (AvgIpc) is 2.65. The summed E-state index contributed by atoms with van der Waals surface area (Å²) in [5.41, 5.74) is 5.70. The van der Waals surface area contributed by atoms with E-state index in [0.29, 0.717) is 16.3 Å². The molecule has 0 aliphatic heterocycles. The SMILES string of the molecule is Cc1nnc(-c2ccccc2OC(N)=O)s1. The third-order valence-corrected chi connectivity index (χ3v) is 2.73. The molecule has 82 valence electrons. The molecule has 1 heterocycles. The maximum absolute atomic E-state index is 10.7. The second kappa shape index (κ2) is 4.28. The third-order valence-electron chi connectivity index (χ3n) is 1.85. The number of hydrogen-bond donors (Lipinski definition) is 1. The lowest BCUT2D eigenvalue weighted by Crippen LogP contribution is -2.16. The van der Waals surface area contributed by atoms with E-state index < -0.39 is 6.09 Å². The van der Waals surface area contributed by atoms with Gasteiger partial charge in [0.25, 0.3) is 0 Å². The summed E-state index contributed by atoms with van der Waals surface area (Å²) in [5.74, 6) is 0.395. The molecule has 0 radical (unpaired) electrons. The zero-order valence-electron chi connectivity index (χ0n) is 8.51. The topological polar surface area (TPSA) is 78.1 Å². The van der Waals surface area contributed by atoms with Gasteiger partial charge in [-0.3, -0.25) is 0 Å². The Morgan fingerprint density at radius 2 is 2.12 bits per heavy atom. The van der Waals surface area contributed by atoms with E-state index in [-0.39, 0.29) is 0 Å². The Labute approximate surface area is 95.9 Å². The highest BCUT2D eigenvalue weighted by Gasteiger charge is 2.11. The van der Waals surface area contributed by atoms with E-state index in [1.54, 1.807) is 18.2 Å². The molecule has 0 aliphatic carbocycles. The van der Waals surface area contributed by atoms with Crippen LogP contribution in [0.3, 0.4) is 0 Å². The molecule has 16 heavy (non-hydrogen) atoms. The molecule has 2 aromatic rings. The fourth-order valence-corrected chi connectivity index (χ4v) is 1.97. The van der Waals surface area contributed by atoms with Gasteiger partial charge in [0.2, 0.25) is 0 Å². The quantitative estimate of drug-likeness (QED) is 0.863. The summed E-state index contributed by atoms with van der Waals surface area (Å²) in [6, 6.07) is 7.06. The fourth-order valence-electron chi connectivity index (χ4n) is 1.25. The van der Waals surface area contributed by atoms with Crippen LogP contribution in [0.15, 0.2) is 24.3 Å². The summed E-state index contributed by atoms with van der Waals surface area (Å²) >= 11 is 1.43. The lowest BCUT2D eigenvalue weighted by Gasteiger charge is -2.04. The predicted octanol–water partition coefficient (Wildman–Crippen LogP) is 1.97. The maximum atomic E-state index is 10.7. The maximum Gasteiger partial charge on any atom is 0.409 e. The van der Waals surface area contributed by atoms with Crippen LogP contribution < -0.4 is 10.5 Å². The van der Waals surface area contributed by atoms with E-state index >= 15 is 0 Å². The minimum atomic E-state index is -0.839. The van der Waals surface area contributed by atoms with Gasteiger partial charge >= 0.3 is 6.09 Å². The molecule has 0 spiro atoms. The van der Waals surface area contributed by atoms with Crippen molar-refractivity contribution in [3.05, 3.63) is 29.3 Å². The van der Waals surface area contributed by atoms with Crippen LogP contribution in [0.25, 0.3) is 10.6 Å². The van der Waals surface area contributed by atoms with Crippen molar-refractivity contribution < 1.29 is 9.53 Å². The first-order valence-corrected chi connectivity index (χ1v) is 5.35. The van der Waals surface area contributed by atoms with Crippen LogP contribution in [0.2, 0.25) is 0 Å². The van der Waals surface area contributed by atoms with Crippen molar-refractivity contribution >= 4 is 17.4 Å². The van der Waals surface area contributed by atoms with Crippen LogP contribution in [-0.4, -0.2) is 16.3 Å². The van der Waals surface area contributed by atoms with Crippen LogP contribution in [0, 0.1) is 6.92 Å². The standard InChI is InChI=1S/C10H9N3O2S/c1-6-12-13-9(16-6)7-4-2-3-5-8(7)15-10(11)14/h2-5H,1H3,(H2,11,14). The van der Waals surface area contributed by atoms with Gasteiger partial charge in [-0.25, -0.2) is 4.79 Å². The van der Waals surface area contributed by atoms with E-state index in [1.807, 2.05) is 13.0 Å². The van der Waals surface area contributed by atoms with E-state index in [0.717, 1.165) is 5.01 Å². The number of benzene rings is 1. The summed E-state index contributed by atoms with van der Waals surface area (Å²) < 4.78 is 4.89. The third kappa shape index (κ3) is 2.17. The largest absolute Gasteiger partial charge is 0.410 e. The Balaban J connectivity index is 2.43. The molecule has 0 atom stereocenters. The van der Waals surface area contributed by atoms with Crippen molar-refractivity contribution in [2.45, 2.75) is 6.92 Å². The van der Waals surface area contributed by atoms with Gasteiger partial charge in [0, 0.05) is 0 Å². The normalized spacial score (nSPS) is 10.1. The van der Waals surface area contributed by atoms with Crippen LogP contribution in [0.5, 0.6) is 5.75 Å². The van der Waals surface area contributed by atoms with Gasteiger partial charge in [0.15, 0.2) is 5.01 Å². The fraction of sp³-hybridized carbons (Fsp3) is 0.100. The number of ether oxygens (including phenoxy) is 1. The van der Waals surface area contributed by atoms with Gasteiger partial charge in [0.1, 0.15) is 10.8 Å². The van der Waals surface area contributed by atoms with Crippen molar-refractivity contribution in [2.75, 3.05) is 0 Å². The van der Waals surface area contributed by atoms with Gasteiger partial charge in [-0.1, -0.05) is 23.5 Å². The first kappa shape index (κ1) is 10.6. The van der Waals surface area contributed by atoms with Crippen molar-refractivity contribution in [2.24, 2.45) is 5.73 Å². The molecule has 0 fully saturated rings. The molecule has 1 amide bonds. The molecule has 0 unspecified atom stereocenters.